The number of nitrogens with zero attached hydrogens (tertiary/aromatic N) is 2. The molecular weight excluding hydrogens is 280 g/mol. The topological polar surface area (TPSA) is 62.2 Å². The maximum atomic E-state index is 5.75. The summed E-state index contributed by atoms with van der Waals surface area (Å²) in [6.07, 6.45) is 7.21. The summed E-state index contributed by atoms with van der Waals surface area (Å²) in [4.78, 5) is 18.6. The molecule has 2 aliphatic rings. The SMILES string of the molecule is COO/C=N/c1ncc(C2CCC3(CC2)OCCO3)s1. The van der Waals surface area contributed by atoms with E-state index in [0.29, 0.717) is 11.0 Å². The Bertz CT molecular complexity index is 461. The van der Waals surface area contributed by atoms with Crippen molar-refractivity contribution in [1.82, 2.24) is 4.98 Å². The van der Waals surface area contributed by atoms with Crippen LogP contribution >= 0.6 is 11.3 Å². The van der Waals surface area contributed by atoms with Crippen molar-refractivity contribution in [2.45, 2.75) is 37.4 Å². The molecule has 1 aromatic heterocycles. The number of ether oxygens (including phenoxy) is 2. The summed E-state index contributed by atoms with van der Waals surface area (Å²) in [7, 11) is 1.43. The third kappa shape index (κ3) is 3.01. The molecule has 3 rings (SSSR count). The molecule has 20 heavy (non-hydrogen) atoms. The van der Waals surface area contributed by atoms with Crippen molar-refractivity contribution in [3.05, 3.63) is 11.1 Å². The maximum Gasteiger partial charge on any atom is 0.222 e. The molecule has 110 valence electrons. The molecule has 0 aromatic carbocycles. The Morgan fingerprint density at radius 2 is 2.15 bits per heavy atom. The lowest BCUT2D eigenvalue weighted by Crippen LogP contribution is -2.34. The van der Waals surface area contributed by atoms with Gasteiger partial charge in [0.15, 0.2) is 5.79 Å². The van der Waals surface area contributed by atoms with Gasteiger partial charge in [-0.1, -0.05) is 11.3 Å². The molecule has 0 amide bonds. The van der Waals surface area contributed by atoms with E-state index in [4.69, 9.17) is 9.47 Å². The lowest BCUT2D eigenvalue weighted by molar-refractivity contribution is -0.187. The fraction of sp³-hybridized carbons (Fsp3) is 0.692. The normalized spacial score (nSPS) is 22.9. The summed E-state index contributed by atoms with van der Waals surface area (Å²) in [5.74, 6) is 0.229. The predicted octanol–water partition coefficient (Wildman–Crippen LogP) is 2.78. The fourth-order valence-corrected chi connectivity index (χ4v) is 3.68. The van der Waals surface area contributed by atoms with Crippen LogP contribution < -0.4 is 0 Å². The lowest BCUT2D eigenvalue weighted by Gasteiger charge is -2.34. The third-order valence-corrected chi connectivity index (χ3v) is 4.84. The van der Waals surface area contributed by atoms with Gasteiger partial charge in [-0.2, -0.15) is 9.88 Å². The van der Waals surface area contributed by atoms with E-state index < -0.39 is 0 Å². The first-order chi connectivity index (χ1) is 9.81. The molecule has 0 bridgehead atoms. The first-order valence-corrected chi connectivity index (χ1v) is 7.59. The summed E-state index contributed by atoms with van der Waals surface area (Å²) in [5, 5.41) is 0.686. The van der Waals surface area contributed by atoms with Gasteiger partial charge >= 0.3 is 0 Å². The van der Waals surface area contributed by atoms with Crippen LogP contribution in [0.15, 0.2) is 11.2 Å². The summed E-state index contributed by atoms with van der Waals surface area (Å²) in [6.45, 7) is 1.45. The fourth-order valence-electron chi connectivity index (χ4n) is 2.76. The predicted molar refractivity (Wildman–Crippen MR) is 74.2 cm³/mol. The minimum Gasteiger partial charge on any atom is -0.348 e. The minimum atomic E-state index is -0.297. The van der Waals surface area contributed by atoms with Crippen molar-refractivity contribution in [2.24, 2.45) is 4.99 Å². The molecule has 0 atom stereocenters. The Kier molecular flexibility index (Phi) is 4.30. The molecular formula is C13H18N2O4S. The van der Waals surface area contributed by atoms with Gasteiger partial charge < -0.3 is 14.4 Å². The second-order valence-electron chi connectivity index (χ2n) is 4.92. The van der Waals surface area contributed by atoms with Crippen molar-refractivity contribution < 1.29 is 19.2 Å². The van der Waals surface area contributed by atoms with Gasteiger partial charge in [-0.3, -0.25) is 0 Å². The van der Waals surface area contributed by atoms with Crippen LogP contribution in [-0.4, -0.2) is 37.5 Å². The molecule has 2 fully saturated rings. The highest BCUT2D eigenvalue weighted by molar-refractivity contribution is 7.15. The van der Waals surface area contributed by atoms with E-state index in [1.54, 1.807) is 11.3 Å². The molecule has 1 saturated carbocycles. The van der Waals surface area contributed by atoms with E-state index in [-0.39, 0.29) is 5.79 Å². The van der Waals surface area contributed by atoms with Crippen LogP contribution in [0.1, 0.15) is 36.5 Å². The molecule has 2 heterocycles. The lowest BCUT2D eigenvalue weighted by atomic mass is 9.84. The number of rotatable bonds is 4. The average molecular weight is 298 g/mol. The molecule has 1 spiro atoms. The van der Waals surface area contributed by atoms with E-state index in [2.05, 4.69) is 19.8 Å². The first-order valence-electron chi connectivity index (χ1n) is 6.77. The number of hydrogen-bond donors (Lipinski definition) is 0. The van der Waals surface area contributed by atoms with Crippen molar-refractivity contribution in [3.8, 4) is 0 Å². The van der Waals surface area contributed by atoms with E-state index in [1.165, 1.54) is 18.4 Å². The van der Waals surface area contributed by atoms with Crippen LogP contribution in [0.2, 0.25) is 0 Å². The van der Waals surface area contributed by atoms with Crippen molar-refractivity contribution in [3.63, 3.8) is 0 Å². The van der Waals surface area contributed by atoms with Crippen LogP contribution in [0, 0.1) is 0 Å². The van der Waals surface area contributed by atoms with Gasteiger partial charge in [-0.25, -0.2) is 4.98 Å². The quantitative estimate of drug-likeness (QED) is 0.370. The Morgan fingerprint density at radius 1 is 1.40 bits per heavy atom. The van der Waals surface area contributed by atoms with Gasteiger partial charge in [-0.15, -0.1) is 0 Å². The number of hydrogen-bond acceptors (Lipinski definition) is 7. The van der Waals surface area contributed by atoms with Gasteiger partial charge in [0.2, 0.25) is 11.5 Å². The molecule has 0 unspecified atom stereocenters. The van der Waals surface area contributed by atoms with Gasteiger partial charge in [0, 0.05) is 23.9 Å². The Labute approximate surface area is 121 Å². The summed E-state index contributed by atoms with van der Waals surface area (Å²) >= 11 is 1.59. The van der Waals surface area contributed by atoms with Crippen molar-refractivity contribution in [1.29, 1.82) is 0 Å². The molecule has 6 nitrogen and oxygen atoms in total. The van der Waals surface area contributed by atoms with E-state index >= 15 is 0 Å². The Hall–Kier alpha value is -1.02. The number of aliphatic imine (C=N–C) groups is 1. The molecule has 1 aromatic rings. The van der Waals surface area contributed by atoms with Crippen LogP contribution in [0.25, 0.3) is 0 Å². The zero-order valence-electron chi connectivity index (χ0n) is 11.4. The molecule has 0 N–H and O–H groups in total. The van der Waals surface area contributed by atoms with Crippen LogP contribution in [0.4, 0.5) is 5.13 Å². The average Bonchev–Trinajstić information content (AvgIpc) is 3.11. The third-order valence-electron chi connectivity index (χ3n) is 3.78. The first kappa shape index (κ1) is 13.9. The molecule has 0 radical (unpaired) electrons. The highest BCUT2D eigenvalue weighted by atomic mass is 32.1. The van der Waals surface area contributed by atoms with Crippen LogP contribution in [0.3, 0.4) is 0 Å². The van der Waals surface area contributed by atoms with Gasteiger partial charge in [0.25, 0.3) is 0 Å². The summed E-state index contributed by atoms with van der Waals surface area (Å²) < 4.78 is 11.5. The second kappa shape index (κ2) is 6.17. The van der Waals surface area contributed by atoms with Crippen LogP contribution in [0.5, 0.6) is 0 Å². The van der Waals surface area contributed by atoms with E-state index in [0.717, 1.165) is 38.9 Å². The van der Waals surface area contributed by atoms with Gasteiger partial charge in [-0.05, 0) is 18.8 Å². The van der Waals surface area contributed by atoms with Crippen LogP contribution in [-0.2, 0) is 19.2 Å². The highest BCUT2D eigenvalue weighted by Crippen LogP contribution is 2.44. The van der Waals surface area contributed by atoms with Gasteiger partial charge in [0.1, 0.15) is 0 Å². The standard InChI is InChI=1S/C13H18N2O4S/c1-16-19-9-15-12-14-8-11(20-12)10-2-4-13(5-3-10)17-6-7-18-13/h8-10H,2-7H2,1H3/b15-9+. The zero-order chi connectivity index (χ0) is 13.8. The maximum absolute atomic E-state index is 5.75. The van der Waals surface area contributed by atoms with E-state index in [9.17, 15) is 0 Å². The number of aromatic nitrogens is 1. The zero-order valence-corrected chi connectivity index (χ0v) is 12.2. The molecule has 7 heteroatoms. The smallest absolute Gasteiger partial charge is 0.222 e. The summed E-state index contributed by atoms with van der Waals surface area (Å²) in [5.41, 5.74) is 0. The second-order valence-corrected chi connectivity index (χ2v) is 5.97. The number of thiazole rings is 1. The minimum absolute atomic E-state index is 0.297. The molecule has 1 aliphatic heterocycles. The van der Waals surface area contributed by atoms with Crippen molar-refractivity contribution >= 4 is 22.9 Å². The van der Waals surface area contributed by atoms with E-state index in [1.807, 2.05) is 6.20 Å². The Balaban J connectivity index is 1.58. The highest BCUT2D eigenvalue weighted by Gasteiger charge is 2.40. The summed E-state index contributed by atoms with van der Waals surface area (Å²) in [6, 6.07) is 0. The molecule has 1 aliphatic carbocycles. The monoisotopic (exact) mass is 298 g/mol. The largest absolute Gasteiger partial charge is 0.348 e. The van der Waals surface area contributed by atoms with Crippen molar-refractivity contribution in [2.75, 3.05) is 20.3 Å². The molecule has 1 saturated heterocycles. The Morgan fingerprint density at radius 3 is 2.85 bits per heavy atom. The van der Waals surface area contributed by atoms with Gasteiger partial charge in [0.05, 0.1) is 20.3 Å².